The van der Waals surface area contributed by atoms with Crippen LogP contribution in [0.25, 0.3) is 0 Å². The summed E-state index contributed by atoms with van der Waals surface area (Å²) in [5.74, 6) is -2.35. The van der Waals surface area contributed by atoms with Crippen molar-refractivity contribution in [3.8, 4) is 0 Å². The highest BCUT2D eigenvalue weighted by atomic mass is 16.6. The van der Waals surface area contributed by atoms with Gasteiger partial charge in [-0.05, 0) is 0 Å². The minimum atomic E-state index is -1.24. The molecule has 0 radical (unpaired) electrons. The molecule has 0 rings (SSSR count). The summed E-state index contributed by atoms with van der Waals surface area (Å²) in [7, 11) is 1.35. The molecule has 1 atom stereocenters. The van der Waals surface area contributed by atoms with Crippen LogP contribution < -0.4 is 0 Å². The highest BCUT2D eigenvalue weighted by Gasteiger charge is 2.04. The maximum atomic E-state index is 10.6. The van der Waals surface area contributed by atoms with Crippen LogP contribution in [0.4, 0.5) is 0 Å². The second kappa shape index (κ2) is 10.6. The number of esters is 2. The molecule has 0 spiro atoms. The number of carbonyl (C=O) groups excluding carboxylic acids is 2. The molecule has 7 nitrogen and oxygen atoms in total. The predicted molar refractivity (Wildman–Crippen MR) is 56.9 cm³/mol. The lowest BCUT2D eigenvalue weighted by Crippen LogP contribution is -2.14. The zero-order valence-electron chi connectivity index (χ0n) is 9.87. The van der Waals surface area contributed by atoms with E-state index in [1.54, 1.807) is 6.92 Å². The van der Waals surface area contributed by atoms with Crippen LogP contribution in [0.5, 0.6) is 0 Å². The van der Waals surface area contributed by atoms with E-state index in [-0.39, 0.29) is 12.4 Å². The molecule has 17 heavy (non-hydrogen) atoms. The summed E-state index contributed by atoms with van der Waals surface area (Å²) in [6, 6.07) is 0. The topological polar surface area (TPSA) is 110 Å². The summed E-state index contributed by atoms with van der Waals surface area (Å²) >= 11 is 0. The summed E-state index contributed by atoms with van der Waals surface area (Å²) in [6.07, 6.45) is 0.481. The minimum absolute atomic E-state index is 0.245. The van der Waals surface area contributed by atoms with Crippen molar-refractivity contribution in [2.45, 2.75) is 26.6 Å². The van der Waals surface area contributed by atoms with E-state index < -0.39 is 18.2 Å². The number of carbonyl (C=O) groups is 3. The Bertz CT molecular complexity index is 282. The van der Waals surface area contributed by atoms with Crippen molar-refractivity contribution in [3.63, 3.8) is 0 Å². The molecule has 0 aromatic rings. The van der Waals surface area contributed by atoms with Gasteiger partial charge in [-0.1, -0.05) is 6.92 Å². The predicted octanol–water partition coefficient (Wildman–Crippen LogP) is 0.0781. The molecule has 98 valence electrons. The third-order valence-corrected chi connectivity index (χ3v) is 1.25. The van der Waals surface area contributed by atoms with Crippen LogP contribution >= 0.6 is 0 Å². The average molecular weight is 248 g/mol. The first-order valence-electron chi connectivity index (χ1n) is 4.67. The molecule has 0 saturated carbocycles. The zero-order valence-corrected chi connectivity index (χ0v) is 9.87. The Kier molecular flexibility index (Phi) is 10.9. The molecule has 0 aliphatic heterocycles. The summed E-state index contributed by atoms with van der Waals surface area (Å²) < 4.78 is 8.43. The number of rotatable bonds is 4. The SMILES string of the molecule is CCC(O)OC(=O)/C=C\C(=O)O.COC(C)=O. The smallest absolute Gasteiger partial charge is 0.333 e. The van der Waals surface area contributed by atoms with Crippen molar-refractivity contribution in [2.75, 3.05) is 7.11 Å². The fourth-order valence-electron chi connectivity index (χ4n) is 0.396. The van der Waals surface area contributed by atoms with Gasteiger partial charge >= 0.3 is 17.9 Å². The van der Waals surface area contributed by atoms with E-state index in [1.165, 1.54) is 14.0 Å². The van der Waals surface area contributed by atoms with Gasteiger partial charge < -0.3 is 19.7 Å². The van der Waals surface area contributed by atoms with Crippen LogP contribution in [-0.4, -0.2) is 41.5 Å². The number of hydrogen-bond acceptors (Lipinski definition) is 6. The Morgan fingerprint density at radius 1 is 1.29 bits per heavy atom. The van der Waals surface area contributed by atoms with E-state index in [9.17, 15) is 14.4 Å². The molecule has 0 aromatic heterocycles. The number of ether oxygens (including phenoxy) is 2. The first-order valence-corrected chi connectivity index (χ1v) is 4.67. The standard InChI is InChI=1S/C7H10O5.C3H6O2/c1-2-6(10)12-7(11)4-3-5(8)9;1-3(4)5-2/h3-4,6,10H,2H2,1H3,(H,8,9);1-2H3/b4-3-;. The van der Waals surface area contributed by atoms with Crippen molar-refractivity contribution in [1.29, 1.82) is 0 Å². The van der Waals surface area contributed by atoms with Gasteiger partial charge in [0.2, 0.25) is 6.29 Å². The van der Waals surface area contributed by atoms with Crippen molar-refractivity contribution in [2.24, 2.45) is 0 Å². The van der Waals surface area contributed by atoms with Crippen molar-refractivity contribution in [3.05, 3.63) is 12.2 Å². The first kappa shape index (κ1) is 17.5. The van der Waals surface area contributed by atoms with E-state index in [1.807, 2.05) is 0 Å². The van der Waals surface area contributed by atoms with Gasteiger partial charge in [-0.15, -0.1) is 0 Å². The lowest BCUT2D eigenvalue weighted by Gasteiger charge is -2.06. The van der Waals surface area contributed by atoms with Gasteiger partial charge in [0.25, 0.3) is 0 Å². The number of carboxylic acids is 1. The van der Waals surface area contributed by atoms with Gasteiger partial charge in [0, 0.05) is 25.5 Å². The van der Waals surface area contributed by atoms with Gasteiger partial charge in [0.05, 0.1) is 7.11 Å². The van der Waals surface area contributed by atoms with Crippen LogP contribution in [0.3, 0.4) is 0 Å². The number of methoxy groups -OCH3 is 1. The molecule has 7 heteroatoms. The second-order valence-corrected chi connectivity index (χ2v) is 2.67. The lowest BCUT2D eigenvalue weighted by atomic mass is 10.4. The molecule has 0 aliphatic carbocycles. The molecular formula is C10H16O7. The molecular weight excluding hydrogens is 232 g/mol. The molecule has 0 aliphatic rings. The highest BCUT2D eigenvalue weighted by Crippen LogP contribution is 1.93. The van der Waals surface area contributed by atoms with Crippen LogP contribution in [0.2, 0.25) is 0 Å². The highest BCUT2D eigenvalue weighted by molar-refractivity contribution is 5.90. The van der Waals surface area contributed by atoms with Gasteiger partial charge in [-0.25, -0.2) is 9.59 Å². The van der Waals surface area contributed by atoms with Crippen LogP contribution in [0.15, 0.2) is 12.2 Å². The molecule has 0 bridgehead atoms. The minimum Gasteiger partial charge on any atom is -0.478 e. The fraction of sp³-hybridized carbons (Fsp3) is 0.500. The molecule has 0 aromatic carbocycles. The zero-order chi connectivity index (χ0) is 13.8. The number of hydrogen-bond donors (Lipinski definition) is 2. The Hall–Kier alpha value is -1.89. The van der Waals surface area contributed by atoms with E-state index in [4.69, 9.17) is 10.2 Å². The maximum absolute atomic E-state index is 10.6. The average Bonchev–Trinajstić information content (AvgIpc) is 2.26. The van der Waals surface area contributed by atoms with Crippen LogP contribution in [-0.2, 0) is 23.9 Å². The Labute approximate surface area is 98.6 Å². The molecule has 1 unspecified atom stereocenters. The maximum Gasteiger partial charge on any atom is 0.333 e. The third-order valence-electron chi connectivity index (χ3n) is 1.25. The third kappa shape index (κ3) is 16.8. The van der Waals surface area contributed by atoms with Gasteiger partial charge in [0.1, 0.15) is 0 Å². The second-order valence-electron chi connectivity index (χ2n) is 2.67. The van der Waals surface area contributed by atoms with Crippen molar-refractivity contribution in [1.82, 2.24) is 0 Å². The summed E-state index contributed by atoms with van der Waals surface area (Å²) in [5.41, 5.74) is 0. The van der Waals surface area contributed by atoms with E-state index in [0.717, 1.165) is 6.08 Å². The molecule has 0 saturated heterocycles. The van der Waals surface area contributed by atoms with Crippen LogP contribution in [0, 0.1) is 0 Å². The monoisotopic (exact) mass is 248 g/mol. The lowest BCUT2D eigenvalue weighted by molar-refractivity contribution is -0.162. The first-order chi connectivity index (χ1) is 7.83. The van der Waals surface area contributed by atoms with Gasteiger partial charge in [-0.3, -0.25) is 4.79 Å². The van der Waals surface area contributed by atoms with Crippen molar-refractivity contribution >= 4 is 17.9 Å². The fourth-order valence-corrected chi connectivity index (χ4v) is 0.396. The number of aliphatic hydroxyl groups is 1. The Morgan fingerprint density at radius 3 is 2.06 bits per heavy atom. The normalized spacial score (nSPS) is 11.1. The van der Waals surface area contributed by atoms with Gasteiger partial charge in [-0.2, -0.15) is 0 Å². The summed E-state index contributed by atoms with van der Waals surface area (Å²) in [5, 5.41) is 16.9. The molecule has 0 heterocycles. The Morgan fingerprint density at radius 2 is 1.76 bits per heavy atom. The molecule has 0 fully saturated rings. The summed E-state index contributed by atoms with van der Waals surface area (Å²) in [4.78, 5) is 30.1. The number of aliphatic hydroxyl groups excluding tert-OH is 1. The number of aliphatic carboxylic acids is 1. The van der Waals surface area contributed by atoms with E-state index in [2.05, 4.69) is 9.47 Å². The van der Waals surface area contributed by atoms with E-state index >= 15 is 0 Å². The van der Waals surface area contributed by atoms with Crippen LogP contribution in [0.1, 0.15) is 20.3 Å². The molecule has 0 amide bonds. The largest absolute Gasteiger partial charge is 0.478 e. The van der Waals surface area contributed by atoms with E-state index in [0.29, 0.717) is 6.08 Å². The van der Waals surface area contributed by atoms with Crippen molar-refractivity contribution < 1.29 is 34.1 Å². The Balaban J connectivity index is 0. The number of carboxylic acid groups (broad SMARTS) is 1. The quantitative estimate of drug-likeness (QED) is 0.411. The molecule has 2 N–H and O–H groups in total. The summed E-state index contributed by atoms with van der Waals surface area (Å²) in [6.45, 7) is 2.98. The van der Waals surface area contributed by atoms with Gasteiger partial charge in [0.15, 0.2) is 0 Å².